The lowest BCUT2D eigenvalue weighted by atomic mass is 9.82. The molecule has 2 nitrogen and oxygen atoms in total. The molecule has 0 amide bonds. The Labute approximate surface area is 96.4 Å². The molecular weight excluding hydrogens is 236 g/mol. The van der Waals surface area contributed by atoms with Gasteiger partial charge < -0.3 is 4.98 Å². The topological polar surface area (TPSA) is 28.7 Å². The average Bonchev–Trinajstić information content (AvgIpc) is 2.62. The van der Waals surface area contributed by atoms with Crippen LogP contribution in [0.25, 0.3) is 0 Å². The minimum atomic E-state index is -4.19. The van der Waals surface area contributed by atoms with Crippen molar-refractivity contribution in [1.29, 1.82) is 0 Å². The molecule has 0 saturated carbocycles. The number of hydrogen-bond donors (Lipinski definition) is 1. The molecule has 0 spiro atoms. The van der Waals surface area contributed by atoms with Crippen molar-refractivity contribution >= 4 is 0 Å². The van der Waals surface area contributed by atoms with Gasteiger partial charge in [-0.2, -0.15) is 8.78 Å². The van der Waals surface area contributed by atoms with Crippen LogP contribution in [0.1, 0.15) is 31.1 Å². The summed E-state index contributed by atoms with van der Waals surface area (Å²) in [5, 5.41) is 0. The molecule has 17 heavy (non-hydrogen) atoms. The summed E-state index contributed by atoms with van der Waals surface area (Å²) in [7, 11) is 0. The Kier molecular flexibility index (Phi) is 2.91. The van der Waals surface area contributed by atoms with E-state index in [1.165, 1.54) is 0 Å². The van der Waals surface area contributed by atoms with E-state index in [9.17, 15) is 17.6 Å². The van der Waals surface area contributed by atoms with Crippen LogP contribution in [-0.2, 0) is 18.8 Å². The third-order valence-electron chi connectivity index (χ3n) is 3.47. The van der Waals surface area contributed by atoms with Crippen molar-refractivity contribution in [1.82, 2.24) is 9.97 Å². The number of H-pyrrole nitrogens is 1. The highest BCUT2D eigenvalue weighted by Crippen LogP contribution is 2.36. The van der Waals surface area contributed by atoms with Gasteiger partial charge in [0, 0.05) is 5.69 Å². The molecule has 6 heteroatoms. The summed E-state index contributed by atoms with van der Waals surface area (Å²) in [4.78, 5) is 6.01. The maximum atomic E-state index is 13.1. The molecular formula is C11H14F4N2. The summed E-state index contributed by atoms with van der Waals surface area (Å²) >= 11 is 0. The van der Waals surface area contributed by atoms with Crippen LogP contribution in [0.4, 0.5) is 17.6 Å². The van der Waals surface area contributed by atoms with Crippen LogP contribution < -0.4 is 0 Å². The van der Waals surface area contributed by atoms with Gasteiger partial charge in [-0.1, -0.05) is 13.8 Å². The molecule has 0 radical (unpaired) electrons. The monoisotopic (exact) mass is 250 g/mol. The molecule has 1 heterocycles. The molecule has 0 aliphatic heterocycles. The van der Waals surface area contributed by atoms with Gasteiger partial charge in [-0.25, -0.2) is 13.8 Å². The Morgan fingerprint density at radius 1 is 1.24 bits per heavy atom. The van der Waals surface area contributed by atoms with Gasteiger partial charge in [-0.15, -0.1) is 0 Å². The highest BCUT2D eigenvalue weighted by atomic mass is 19.3. The smallest absolute Gasteiger partial charge is 0.340 e. The van der Waals surface area contributed by atoms with Crippen LogP contribution in [-0.4, -0.2) is 16.4 Å². The van der Waals surface area contributed by atoms with E-state index in [0.717, 1.165) is 0 Å². The highest BCUT2D eigenvalue weighted by Gasteiger charge is 2.46. The lowest BCUT2D eigenvalue weighted by molar-refractivity contribution is -0.140. The Balaban J connectivity index is 2.33. The van der Waals surface area contributed by atoms with Crippen molar-refractivity contribution in [3.8, 4) is 0 Å². The molecule has 1 aromatic rings. The first kappa shape index (κ1) is 12.4. The lowest BCUT2D eigenvalue weighted by Crippen LogP contribution is -2.25. The number of nitrogens with one attached hydrogen (secondary N) is 1. The lowest BCUT2D eigenvalue weighted by Gasteiger charge is -2.24. The normalized spacial score (nSPS) is 25.1. The predicted octanol–water partition coefficient (Wildman–Crippen LogP) is 3.14. The summed E-state index contributed by atoms with van der Waals surface area (Å²) in [5.74, 6) is -4.42. The minimum absolute atomic E-state index is 0.332. The molecule has 96 valence electrons. The molecule has 0 saturated heterocycles. The number of imidazole rings is 1. The van der Waals surface area contributed by atoms with E-state index in [1.807, 2.05) is 13.8 Å². The molecule has 0 aromatic carbocycles. The maximum absolute atomic E-state index is 13.1. The number of hydrogen-bond acceptors (Lipinski definition) is 1. The maximum Gasteiger partial charge on any atom is 0.363 e. The number of nitrogens with zero attached hydrogens (tertiary/aromatic N) is 1. The van der Waals surface area contributed by atoms with Gasteiger partial charge in [0.25, 0.3) is 0 Å². The molecule has 2 rings (SSSR count). The van der Waals surface area contributed by atoms with E-state index >= 15 is 0 Å². The Bertz CT molecular complexity index is 386. The van der Waals surface area contributed by atoms with Crippen LogP contribution in [0.2, 0.25) is 0 Å². The van der Waals surface area contributed by atoms with E-state index in [-0.39, 0.29) is 0 Å². The van der Waals surface area contributed by atoms with Crippen molar-refractivity contribution in [2.45, 2.75) is 39.0 Å². The third-order valence-corrected chi connectivity index (χ3v) is 3.47. The van der Waals surface area contributed by atoms with Gasteiger partial charge in [-0.05, 0) is 24.7 Å². The van der Waals surface area contributed by atoms with E-state index < -0.39 is 18.2 Å². The SMILES string of the molecule is CC1Cc2nc(C(F)(F)C(F)F)[nH]c2CC1C. The summed E-state index contributed by atoms with van der Waals surface area (Å²) in [6.45, 7) is 4.02. The van der Waals surface area contributed by atoms with Crippen molar-refractivity contribution in [2.24, 2.45) is 11.8 Å². The fourth-order valence-corrected chi connectivity index (χ4v) is 2.07. The molecule has 1 aliphatic rings. The van der Waals surface area contributed by atoms with Crippen LogP contribution in [0.3, 0.4) is 0 Å². The summed E-state index contributed by atoms with van der Waals surface area (Å²) < 4.78 is 50.6. The van der Waals surface area contributed by atoms with E-state index in [2.05, 4.69) is 9.97 Å². The third kappa shape index (κ3) is 2.05. The van der Waals surface area contributed by atoms with E-state index in [1.54, 1.807) is 0 Å². The Morgan fingerprint density at radius 3 is 2.41 bits per heavy atom. The summed E-state index contributed by atoms with van der Waals surface area (Å²) in [5.41, 5.74) is 1.08. The van der Waals surface area contributed by atoms with Crippen LogP contribution in [0.5, 0.6) is 0 Å². The van der Waals surface area contributed by atoms with Gasteiger partial charge in [0.1, 0.15) is 0 Å². The highest BCUT2D eigenvalue weighted by molar-refractivity contribution is 5.21. The summed E-state index contributed by atoms with van der Waals surface area (Å²) in [6.07, 6.45) is -2.58. The van der Waals surface area contributed by atoms with Gasteiger partial charge >= 0.3 is 12.3 Å². The molecule has 1 aromatic heterocycles. The zero-order valence-corrected chi connectivity index (χ0v) is 9.61. The zero-order chi connectivity index (χ0) is 12.8. The van der Waals surface area contributed by atoms with Crippen molar-refractivity contribution < 1.29 is 17.6 Å². The standard InChI is InChI=1S/C11H14F4N2/c1-5-3-7-8(4-6(5)2)17-10(16-7)11(14,15)9(12)13/h5-6,9H,3-4H2,1-2H3,(H,16,17). The molecule has 2 unspecified atom stereocenters. The van der Waals surface area contributed by atoms with Crippen molar-refractivity contribution in [3.63, 3.8) is 0 Å². The van der Waals surface area contributed by atoms with Crippen molar-refractivity contribution in [2.75, 3.05) is 0 Å². The Morgan fingerprint density at radius 2 is 1.82 bits per heavy atom. The first-order chi connectivity index (χ1) is 7.82. The zero-order valence-electron chi connectivity index (χ0n) is 9.61. The second-order valence-corrected chi connectivity index (χ2v) is 4.80. The fourth-order valence-electron chi connectivity index (χ4n) is 2.07. The van der Waals surface area contributed by atoms with Gasteiger partial charge in [0.2, 0.25) is 0 Å². The molecule has 2 atom stereocenters. The fraction of sp³-hybridized carbons (Fsp3) is 0.727. The number of alkyl halides is 4. The van der Waals surface area contributed by atoms with Crippen LogP contribution in [0, 0.1) is 11.8 Å². The first-order valence-electron chi connectivity index (χ1n) is 5.56. The van der Waals surface area contributed by atoms with E-state index in [4.69, 9.17) is 0 Å². The Hall–Kier alpha value is -1.07. The van der Waals surface area contributed by atoms with Gasteiger partial charge in [0.15, 0.2) is 5.82 Å². The van der Waals surface area contributed by atoms with E-state index in [0.29, 0.717) is 36.1 Å². The first-order valence-corrected chi connectivity index (χ1v) is 5.56. The van der Waals surface area contributed by atoms with Gasteiger partial charge in [0.05, 0.1) is 5.69 Å². The molecule has 0 fully saturated rings. The number of halogens is 4. The minimum Gasteiger partial charge on any atom is -0.340 e. The second-order valence-electron chi connectivity index (χ2n) is 4.80. The largest absolute Gasteiger partial charge is 0.363 e. The molecule has 0 bridgehead atoms. The summed E-state index contributed by atoms with van der Waals surface area (Å²) in [6, 6.07) is 0. The quantitative estimate of drug-likeness (QED) is 0.802. The number of aromatic amines is 1. The number of rotatable bonds is 2. The molecule has 1 aliphatic carbocycles. The predicted molar refractivity (Wildman–Crippen MR) is 54.2 cm³/mol. The van der Waals surface area contributed by atoms with Gasteiger partial charge in [-0.3, -0.25) is 0 Å². The molecule has 1 N–H and O–H groups in total. The average molecular weight is 250 g/mol. The van der Waals surface area contributed by atoms with Crippen LogP contribution >= 0.6 is 0 Å². The second kappa shape index (κ2) is 3.99. The number of aromatic nitrogens is 2. The number of fused-ring (bicyclic) bond motifs is 1. The van der Waals surface area contributed by atoms with Crippen molar-refractivity contribution in [3.05, 3.63) is 17.2 Å². The van der Waals surface area contributed by atoms with Crippen LogP contribution in [0.15, 0.2) is 0 Å².